The second-order valence-electron chi connectivity index (χ2n) is 9.37. The van der Waals surface area contributed by atoms with Crippen LogP contribution in [0, 0.1) is 0 Å². The van der Waals surface area contributed by atoms with Gasteiger partial charge in [0.25, 0.3) is 0 Å². The molecule has 0 heterocycles. The zero-order valence-corrected chi connectivity index (χ0v) is 21.5. The third-order valence-corrected chi connectivity index (χ3v) is 6.30. The Morgan fingerprint density at radius 3 is 1.66 bits per heavy atom. The molecule has 230 valence electrons. The number of esters is 1. The number of hydrogen-bond donors (Lipinski definition) is 0. The normalized spacial score (nSPS) is 13.5. The smallest absolute Gasteiger partial charge is 0.384 e. The van der Waals surface area contributed by atoms with Gasteiger partial charge in [0.2, 0.25) is 0 Å². The standard InChI is InChI=1S/C27H26F12O2/c1-2-3-4-5-6-7-17-8-10-18(11-9-17)19-12-14-20(15-13-19)21(40)41-16-23(30,31)25(34,35)27(38,39)26(36,37)24(32,33)22(28)29/h8-15,22H,2-7,16H2,1H3. The molecule has 2 aromatic rings. The Morgan fingerprint density at radius 1 is 0.683 bits per heavy atom. The van der Waals surface area contributed by atoms with Crippen molar-refractivity contribution in [2.75, 3.05) is 6.61 Å². The molecule has 0 saturated heterocycles. The van der Waals surface area contributed by atoms with E-state index in [1.54, 1.807) is 12.1 Å². The number of carbonyl (C=O) groups is 1. The average molecular weight is 610 g/mol. The van der Waals surface area contributed by atoms with Crippen LogP contribution in [0.1, 0.15) is 54.9 Å². The maximum absolute atomic E-state index is 13.9. The molecule has 2 aromatic carbocycles. The quantitative estimate of drug-likeness (QED) is 0.114. The minimum absolute atomic E-state index is 0.530. The van der Waals surface area contributed by atoms with E-state index in [1.165, 1.54) is 12.1 Å². The molecule has 0 aliphatic carbocycles. The molecule has 0 atom stereocenters. The highest BCUT2D eigenvalue weighted by Gasteiger charge is 2.87. The van der Waals surface area contributed by atoms with E-state index < -0.39 is 54.2 Å². The van der Waals surface area contributed by atoms with Crippen molar-refractivity contribution in [3.8, 4) is 11.1 Å². The van der Waals surface area contributed by atoms with Gasteiger partial charge in [0, 0.05) is 0 Å². The molecular weight excluding hydrogens is 584 g/mol. The lowest BCUT2D eigenvalue weighted by atomic mass is 9.94. The lowest BCUT2D eigenvalue weighted by Crippen LogP contribution is -2.69. The number of ether oxygens (including phenoxy) is 1. The molecule has 0 bridgehead atoms. The Morgan fingerprint density at radius 2 is 1.17 bits per heavy atom. The van der Waals surface area contributed by atoms with Crippen LogP contribution in [0.5, 0.6) is 0 Å². The molecule has 0 spiro atoms. The summed E-state index contributed by atoms with van der Waals surface area (Å²) in [5.74, 6) is -37.9. The zero-order valence-electron chi connectivity index (χ0n) is 21.5. The number of hydrogen-bond acceptors (Lipinski definition) is 2. The summed E-state index contributed by atoms with van der Waals surface area (Å²) in [6.45, 7) is -0.839. The van der Waals surface area contributed by atoms with Crippen molar-refractivity contribution in [3.05, 3.63) is 59.7 Å². The van der Waals surface area contributed by atoms with Crippen LogP contribution in [-0.4, -0.2) is 48.6 Å². The molecule has 0 aromatic heterocycles. The summed E-state index contributed by atoms with van der Waals surface area (Å²) in [5.41, 5.74) is 1.78. The van der Waals surface area contributed by atoms with Gasteiger partial charge in [0.15, 0.2) is 6.61 Å². The Balaban J connectivity index is 2.07. The van der Waals surface area contributed by atoms with Gasteiger partial charge >= 0.3 is 42.0 Å². The number of halogens is 12. The van der Waals surface area contributed by atoms with Gasteiger partial charge in [-0.3, -0.25) is 0 Å². The molecule has 0 amide bonds. The van der Waals surface area contributed by atoms with Crippen LogP contribution in [0.3, 0.4) is 0 Å². The van der Waals surface area contributed by atoms with Gasteiger partial charge in [-0.05, 0) is 41.7 Å². The van der Waals surface area contributed by atoms with Crippen molar-refractivity contribution in [2.45, 2.75) is 81.5 Å². The monoisotopic (exact) mass is 610 g/mol. The maximum atomic E-state index is 13.9. The van der Waals surface area contributed by atoms with E-state index in [-0.39, 0.29) is 0 Å². The summed E-state index contributed by atoms with van der Waals surface area (Å²) in [6.07, 6.45) is 0.833. The minimum Gasteiger partial charge on any atom is -0.455 e. The van der Waals surface area contributed by atoms with E-state index in [0.29, 0.717) is 11.1 Å². The van der Waals surface area contributed by atoms with Gasteiger partial charge in [-0.25, -0.2) is 13.6 Å². The fourth-order valence-electron chi connectivity index (χ4n) is 3.70. The predicted octanol–water partition coefficient (Wildman–Crippen LogP) is 9.46. The highest BCUT2D eigenvalue weighted by molar-refractivity contribution is 5.90. The highest BCUT2D eigenvalue weighted by Crippen LogP contribution is 2.58. The van der Waals surface area contributed by atoms with Crippen molar-refractivity contribution >= 4 is 5.97 Å². The third kappa shape index (κ3) is 7.11. The number of alkyl halides is 12. The third-order valence-electron chi connectivity index (χ3n) is 6.30. The first-order valence-corrected chi connectivity index (χ1v) is 12.4. The summed E-state index contributed by atoms with van der Waals surface area (Å²) in [5, 5.41) is 0. The summed E-state index contributed by atoms with van der Waals surface area (Å²) < 4.78 is 163. The molecule has 14 heteroatoms. The van der Waals surface area contributed by atoms with Crippen LogP contribution in [-0.2, 0) is 11.2 Å². The first-order valence-electron chi connectivity index (χ1n) is 12.4. The van der Waals surface area contributed by atoms with Crippen LogP contribution < -0.4 is 0 Å². The zero-order chi connectivity index (χ0) is 31.3. The molecule has 0 aliphatic rings. The molecule has 0 radical (unpaired) electrons. The SMILES string of the molecule is CCCCCCCc1ccc(-c2ccc(C(=O)OCC(F)(F)C(F)(F)C(F)(F)C(F)(F)C(F)(F)C(F)F)cc2)cc1. The van der Waals surface area contributed by atoms with Crippen LogP contribution >= 0.6 is 0 Å². The van der Waals surface area contributed by atoms with E-state index in [2.05, 4.69) is 11.7 Å². The van der Waals surface area contributed by atoms with Gasteiger partial charge in [-0.1, -0.05) is 69.0 Å². The first kappa shape index (κ1) is 34.3. The minimum atomic E-state index is -7.68. The predicted molar refractivity (Wildman–Crippen MR) is 125 cm³/mol. The van der Waals surface area contributed by atoms with Gasteiger partial charge in [-0.15, -0.1) is 0 Å². The molecular formula is C27H26F12O2. The topological polar surface area (TPSA) is 26.3 Å². The van der Waals surface area contributed by atoms with E-state index in [4.69, 9.17) is 0 Å². The first-order chi connectivity index (χ1) is 18.8. The van der Waals surface area contributed by atoms with Gasteiger partial charge in [0.05, 0.1) is 5.56 Å². The Bertz CT molecular complexity index is 1130. The lowest BCUT2D eigenvalue weighted by molar-refractivity contribution is -0.414. The Kier molecular flexibility index (Phi) is 10.8. The van der Waals surface area contributed by atoms with E-state index in [1.807, 2.05) is 12.1 Å². The van der Waals surface area contributed by atoms with Crippen molar-refractivity contribution in [1.29, 1.82) is 0 Å². The average Bonchev–Trinajstić information content (AvgIpc) is 2.91. The van der Waals surface area contributed by atoms with E-state index in [0.717, 1.165) is 56.2 Å². The Labute approximate surface area is 227 Å². The largest absolute Gasteiger partial charge is 0.455 e. The van der Waals surface area contributed by atoms with Crippen molar-refractivity contribution in [2.24, 2.45) is 0 Å². The second-order valence-corrected chi connectivity index (χ2v) is 9.37. The summed E-state index contributed by atoms with van der Waals surface area (Å²) in [7, 11) is 0. The lowest BCUT2D eigenvalue weighted by Gasteiger charge is -2.38. The van der Waals surface area contributed by atoms with E-state index >= 15 is 0 Å². The van der Waals surface area contributed by atoms with Crippen molar-refractivity contribution in [1.82, 2.24) is 0 Å². The van der Waals surface area contributed by atoms with E-state index in [9.17, 15) is 57.5 Å². The molecule has 0 saturated carbocycles. The number of unbranched alkanes of at least 4 members (excludes halogenated alkanes) is 4. The van der Waals surface area contributed by atoms with Gasteiger partial charge in [-0.2, -0.15) is 43.9 Å². The van der Waals surface area contributed by atoms with Crippen LogP contribution in [0.15, 0.2) is 48.5 Å². The molecule has 41 heavy (non-hydrogen) atoms. The molecule has 2 rings (SSSR count). The van der Waals surface area contributed by atoms with Crippen LogP contribution in [0.25, 0.3) is 11.1 Å². The Hall–Kier alpha value is -2.93. The fourth-order valence-corrected chi connectivity index (χ4v) is 3.70. The molecule has 0 unspecified atom stereocenters. The number of carbonyl (C=O) groups excluding carboxylic acids is 1. The summed E-state index contributed by atoms with van der Waals surface area (Å²) in [4.78, 5) is 12.0. The fraction of sp³-hybridized carbons (Fsp3) is 0.519. The maximum Gasteiger partial charge on any atom is 0.384 e. The molecule has 0 N–H and O–H groups in total. The number of benzene rings is 2. The number of aryl methyl sites for hydroxylation is 1. The molecule has 0 fully saturated rings. The van der Waals surface area contributed by atoms with Crippen molar-refractivity contribution in [3.63, 3.8) is 0 Å². The van der Waals surface area contributed by atoms with Gasteiger partial charge in [0.1, 0.15) is 0 Å². The highest BCUT2D eigenvalue weighted by atomic mass is 19.4. The molecule has 2 nitrogen and oxygen atoms in total. The van der Waals surface area contributed by atoms with Crippen LogP contribution in [0.4, 0.5) is 52.7 Å². The molecule has 0 aliphatic heterocycles. The second kappa shape index (κ2) is 12.9. The summed E-state index contributed by atoms with van der Waals surface area (Å²) in [6, 6.07) is 12.0. The summed E-state index contributed by atoms with van der Waals surface area (Å²) >= 11 is 0. The van der Waals surface area contributed by atoms with Gasteiger partial charge < -0.3 is 4.74 Å². The number of rotatable bonds is 15. The van der Waals surface area contributed by atoms with Crippen LogP contribution in [0.2, 0.25) is 0 Å². The van der Waals surface area contributed by atoms with Crippen molar-refractivity contribution < 1.29 is 62.2 Å².